The summed E-state index contributed by atoms with van der Waals surface area (Å²) in [6.45, 7) is 2.45. The molecule has 1 saturated carbocycles. The number of anilines is 1. The van der Waals surface area contributed by atoms with Crippen LogP contribution in [0.25, 0.3) is 0 Å². The summed E-state index contributed by atoms with van der Waals surface area (Å²) in [5, 5.41) is 14.4. The van der Waals surface area contributed by atoms with E-state index in [-0.39, 0.29) is 18.4 Å². The van der Waals surface area contributed by atoms with Gasteiger partial charge in [-0.05, 0) is 42.9 Å². The lowest BCUT2D eigenvalue weighted by molar-refractivity contribution is -0.159. The molecule has 2 fully saturated rings. The molecule has 1 aliphatic carbocycles. The summed E-state index contributed by atoms with van der Waals surface area (Å²) in [6.07, 6.45) is 8.24. The third-order valence-corrected chi connectivity index (χ3v) is 6.01. The van der Waals surface area contributed by atoms with Crippen LogP contribution in [0.5, 0.6) is 0 Å². The van der Waals surface area contributed by atoms with Crippen LogP contribution in [0.4, 0.5) is 5.82 Å². The summed E-state index contributed by atoms with van der Waals surface area (Å²) in [4.78, 5) is 41.2. The second-order valence-corrected chi connectivity index (χ2v) is 8.12. The first-order valence-electron chi connectivity index (χ1n) is 10.7. The standard InChI is InChI=1S/C21H31N5O4/c1-2-15-7-9-22-19(12-15)24-20(28)18-8-10-23-26(18)21(29)17(13-25(30)14-27)11-16-5-3-4-6-16/h7,9,12,14,16-18,23,30H,2-6,8,10-11,13H2,1H3,(H,22,24,28). The van der Waals surface area contributed by atoms with Crippen molar-refractivity contribution in [3.8, 4) is 0 Å². The third-order valence-electron chi connectivity index (χ3n) is 6.01. The number of hydrazine groups is 1. The molecular weight excluding hydrogens is 386 g/mol. The Hall–Kier alpha value is -2.52. The van der Waals surface area contributed by atoms with Crippen LogP contribution in [-0.4, -0.2) is 57.6 Å². The number of hydrogen-bond acceptors (Lipinski definition) is 6. The number of hydrogen-bond donors (Lipinski definition) is 3. The molecule has 2 aliphatic rings. The Bertz CT molecular complexity index is 753. The number of hydroxylamine groups is 2. The minimum Gasteiger partial charge on any atom is -0.309 e. The Morgan fingerprint density at radius 1 is 1.40 bits per heavy atom. The minimum absolute atomic E-state index is 0.0779. The van der Waals surface area contributed by atoms with Crippen LogP contribution in [-0.2, 0) is 20.8 Å². The first kappa shape index (κ1) is 22.2. The first-order chi connectivity index (χ1) is 14.5. The normalized spacial score (nSPS) is 20.2. The number of aryl methyl sites for hydroxylation is 1. The van der Waals surface area contributed by atoms with Crippen molar-refractivity contribution in [1.29, 1.82) is 0 Å². The highest BCUT2D eigenvalue weighted by molar-refractivity contribution is 5.97. The number of nitrogens with one attached hydrogen (secondary N) is 2. The number of carbonyl (C=O) groups is 3. The maximum Gasteiger partial charge on any atom is 0.250 e. The smallest absolute Gasteiger partial charge is 0.250 e. The van der Waals surface area contributed by atoms with E-state index in [2.05, 4.69) is 15.7 Å². The highest BCUT2D eigenvalue weighted by Gasteiger charge is 2.39. The highest BCUT2D eigenvalue weighted by atomic mass is 16.5. The van der Waals surface area contributed by atoms with E-state index in [9.17, 15) is 19.6 Å². The molecule has 1 aromatic heterocycles. The summed E-state index contributed by atoms with van der Waals surface area (Å²) < 4.78 is 0. The van der Waals surface area contributed by atoms with Gasteiger partial charge in [0.05, 0.1) is 12.5 Å². The third kappa shape index (κ3) is 5.54. The molecule has 0 radical (unpaired) electrons. The Kier molecular flexibility index (Phi) is 7.75. The van der Waals surface area contributed by atoms with Gasteiger partial charge in [-0.3, -0.25) is 24.6 Å². The average molecular weight is 418 g/mol. The topological polar surface area (TPSA) is 115 Å². The van der Waals surface area contributed by atoms with E-state index in [0.717, 1.165) is 37.7 Å². The summed E-state index contributed by atoms with van der Waals surface area (Å²) in [7, 11) is 0. The van der Waals surface area contributed by atoms with Crippen LogP contribution in [0.2, 0.25) is 0 Å². The monoisotopic (exact) mass is 417 g/mol. The Morgan fingerprint density at radius 2 is 2.17 bits per heavy atom. The van der Waals surface area contributed by atoms with Crippen molar-refractivity contribution < 1.29 is 19.6 Å². The van der Waals surface area contributed by atoms with Crippen LogP contribution in [0.15, 0.2) is 18.3 Å². The maximum absolute atomic E-state index is 13.3. The van der Waals surface area contributed by atoms with Gasteiger partial charge < -0.3 is 5.32 Å². The van der Waals surface area contributed by atoms with Gasteiger partial charge in [0, 0.05) is 12.7 Å². The number of rotatable bonds is 9. The molecule has 3 amide bonds. The number of nitrogens with zero attached hydrogens (tertiary/aromatic N) is 3. The molecule has 3 N–H and O–H groups in total. The van der Waals surface area contributed by atoms with Gasteiger partial charge in [0.1, 0.15) is 11.9 Å². The number of aromatic nitrogens is 1. The number of carbonyl (C=O) groups excluding carboxylic acids is 3. The SMILES string of the molecule is CCc1ccnc(NC(=O)C2CCNN2C(=O)C(CC2CCCC2)CN(O)C=O)c1. The lowest BCUT2D eigenvalue weighted by Crippen LogP contribution is -2.51. The molecule has 1 aromatic rings. The molecule has 1 saturated heterocycles. The van der Waals surface area contributed by atoms with Crippen molar-refractivity contribution in [3.05, 3.63) is 23.9 Å². The quantitative estimate of drug-likeness (QED) is 0.320. The van der Waals surface area contributed by atoms with E-state index in [1.54, 1.807) is 6.20 Å². The molecule has 0 spiro atoms. The van der Waals surface area contributed by atoms with Gasteiger partial charge in [-0.2, -0.15) is 0 Å². The predicted molar refractivity (Wildman–Crippen MR) is 110 cm³/mol. The van der Waals surface area contributed by atoms with Crippen LogP contribution >= 0.6 is 0 Å². The summed E-state index contributed by atoms with van der Waals surface area (Å²) in [5.74, 6) is -0.273. The van der Waals surface area contributed by atoms with Gasteiger partial charge in [-0.1, -0.05) is 32.6 Å². The first-order valence-corrected chi connectivity index (χ1v) is 10.7. The summed E-state index contributed by atoms with van der Waals surface area (Å²) in [5.41, 5.74) is 4.07. The number of amides is 3. The lowest BCUT2D eigenvalue weighted by atomic mass is 9.92. The van der Waals surface area contributed by atoms with Crippen LogP contribution in [0, 0.1) is 11.8 Å². The van der Waals surface area contributed by atoms with Gasteiger partial charge in [0.15, 0.2) is 0 Å². The van der Waals surface area contributed by atoms with E-state index < -0.39 is 12.0 Å². The van der Waals surface area contributed by atoms with Gasteiger partial charge in [0.2, 0.25) is 18.2 Å². The second kappa shape index (κ2) is 10.5. The van der Waals surface area contributed by atoms with Crippen LogP contribution in [0.1, 0.15) is 51.0 Å². The molecular formula is C21H31N5O4. The van der Waals surface area contributed by atoms with E-state index in [0.29, 0.717) is 42.6 Å². The van der Waals surface area contributed by atoms with Crippen molar-refractivity contribution >= 4 is 24.0 Å². The van der Waals surface area contributed by atoms with Crippen molar-refractivity contribution in [3.63, 3.8) is 0 Å². The molecule has 2 unspecified atom stereocenters. The van der Waals surface area contributed by atoms with Crippen molar-refractivity contribution in [1.82, 2.24) is 20.5 Å². The molecule has 1 aliphatic heterocycles. The molecule has 0 aromatic carbocycles. The zero-order valence-electron chi connectivity index (χ0n) is 17.4. The van der Waals surface area contributed by atoms with E-state index >= 15 is 0 Å². The van der Waals surface area contributed by atoms with Gasteiger partial charge in [0.25, 0.3) is 0 Å². The van der Waals surface area contributed by atoms with Crippen molar-refractivity contribution in [2.24, 2.45) is 11.8 Å². The average Bonchev–Trinajstić information content (AvgIpc) is 3.44. The van der Waals surface area contributed by atoms with E-state index in [1.807, 2.05) is 19.1 Å². The second-order valence-electron chi connectivity index (χ2n) is 8.12. The largest absolute Gasteiger partial charge is 0.309 e. The molecule has 0 bridgehead atoms. The fourth-order valence-corrected chi connectivity index (χ4v) is 4.38. The summed E-state index contributed by atoms with van der Waals surface area (Å²) in [6, 6.07) is 3.05. The van der Waals surface area contributed by atoms with Gasteiger partial charge >= 0.3 is 0 Å². The molecule has 164 valence electrons. The minimum atomic E-state index is -0.668. The molecule has 9 heteroatoms. The zero-order chi connectivity index (χ0) is 21.5. The van der Waals surface area contributed by atoms with Gasteiger partial charge in [-0.25, -0.2) is 15.5 Å². The van der Waals surface area contributed by atoms with E-state index in [1.165, 1.54) is 5.01 Å². The van der Waals surface area contributed by atoms with E-state index in [4.69, 9.17) is 0 Å². The fraction of sp³-hybridized carbons (Fsp3) is 0.619. The van der Waals surface area contributed by atoms with Crippen molar-refractivity contribution in [2.75, 3.05) is 18.4 Å². The maximum atomic E-state index is 13.3. The zero-order valence-corrected chi connectivity index (χ0v) is 17.4. The fourth-order valence-electron chi connectivity index (χ4n) is 4.38. The number of pyridine rings is 1. The van der Waals surface area contributed by atoms with Gasteiger partial charge in [-0.15, -0.1) is 0 Å². The van der Waals surface area contributed by atoms with Crippen LogP contribution in [0.3, 0.4) is 0 Å². The predicted octanol–water partition coefficient (Wildman–Crippen LogP) is 1.73. The Morgan fingerprint density at radius 3 is 2.87 bits per heavy atom. The molecule has 9 nitrogen and oxygen atoms in total. The molecule has 3 rings (SSSR count). The molecule has 2 heterocycles. The molecule has 30 heavy (non-hydrogen) atoms. The Balaban J connectivity index is 1.69. The lowest BCUT2D eigenvalue weighted by Gasteiger charge is -2.29. The molecule has 2 atom stereocenters. The Labute approximate surface area is 176 Å². The summed E-state index contributed by atoms with van der Waals surface area (Å²) >= 11 is 0. The van der Waals surface area contributed by atoms with Crippen molar-refractivity contribution in [2.45, 2.75) is 57.9 Å². The highest BCUT2D eigenvalue weighted by Crippen LogP contribution is 2.31. The van der Waals surface area contributed by atoms with Crippen LogP contribution < -0.4 is 10.7 Å².